The van der Waals surface area contributed by atoms with Gasteiger partial charge in [0.05, 0.1) is 42.7 Å². The lowest BCUT2D eigenvalue weighted by Crippen LogP contribution is -2.29. The molecule has 2 unspecified atom stereocenters. The van der Waals surface area contributed by atoms with Crippen LogP contribution < -0.4 is 14.9 Å². The SMILES string of the molecule is CCOC(=O)C(CC(C)C)c1ccc(OCC2CC2)c(-c2ccc(Cl)cc2)c1.CCOC(=O)C(CC(C)C)c1ccc(OCC2CC2)c(Br)c1.OB(O)c1ccc(Cl)cc1. The van der Waals surface area contributed by atoms with Gasteiger partial charge in [0, 0.05) is 15.6 Å². The van der Waals surface area contributed by atoms with Gasteiger partial charge in [-0.25, -0.2) is 0 Å². The third-order valence-electron chi connectivity index (χ3n) is 9.99. The van der Waals surface area contributed by atoms with Gasteiger partial charge < -0.3 is 29.0 Å². The lowest BCUT2D eigenvalue weighted by molar-refractivity contribution is -0.146. The molecule has 0 saturated heterocycles. The molecule has 0 heterocycles. The number of hydrogen-bond donors (Lipinski definition) is 2. The van der Waals surface area contributed by atoms with Gasteiger partial charge in [-0.2, -0.15) is 0 Å². The van der Waals surface area contributed by atoms with Crippen molar-refractivity contribution < 1.29 is 38.6 Å². The Balaban J connectivity index is 0.000000220. The molecule has 8 nitrogen and oxygen atoms in total. The van der Waals surface area contributed by atoms with Crippen molar-refractivity contribution in [2.75, 3.05) is 26.4 Å². The van der Waals surface area contributed by atoms with Gasteiger partial charge in [0.25, 0.3) is 0 Å². The molecule has 12 heteroatoms. The molecule has 2 N–H and O–H groups in total. The van der Waals surface area contributed by atoms with Crippen molar-refractivity contribution >= 4 is 63.7 Å². The predicted molar refractivity (Wildman–Crippen MR) is 246 cm³/mol. The largest absolute Gasteiger partial charge is 0.493 e. The molecule has 0 radical (unpaired) electrons. The van der Waals surface area contributed by atoms with E-state index in [0.29, 0.717) is 46.5 Å². The van der Waals surface area contributed by atoms with Crippen LogP contribution in [0.15, 0.2) is 89.4 Å². The Labute approximate surface area is 375 Å². The molecule has 2 fully saturated rings. The number of benzene rings is 4. The standard InChI is InChI=1S/C24H29ClO3.C18H25BrO3.C6H6BClO2/c1-4-27-24(26)22(13-16(2)3)19-9-12-23(28-15-17-5-6-17)21(14-19)18-7-10-20(25)11-8-18;1-4-21-18(20)15(9-12(2)3)14-7-8-17(16(19)10-14)22-11-13-5-6-13;8-6-3-1-5(2-4-6)7(9)10/h7-12,14,16-17,22H,4-6,13,15H2,1-3H3;7-8,10,12-13,15H,4-6,9,11H2,1-3H3;1-4,9-10H. The minimum absolute atomic E-state index is 0.144. The fourth-order valence-corrected chi connectivity index (χ4v) is 7.14. The average Bonchev–Trinajstić information content (AvgIpc) is 4.16. The van der Waals surface area contributed by atoms with Gasteiger partial charge in [-0.05, 0) is 163 Å². The zero-order valence-corrected chi connectivity index (χ0v) is 38.8. The van der Waals surface area contributed by atoms with Crippen LogP contribution in [0.3, 0.4) is 0 Å². The highest BCUT2D eigenvalue weighted by atomic mass is 79.9. The highest BCUT2D eigenvalue weighted by Crippen LogP contribution is 2.38. The maximum Gasteiger partial charge on any atom is 0.488 e. The summed E-state index contributed by atoms with van der Waals surface area (Å²) in [5.74, 6) is 3.12. The number of esters is 2. The zero-order chi connectivity index (χ0) is 43.8. The van der Waals surface area contributed by atoms with E-state index >= 15 is 0 Å². The molecule has 4 aromatic carbocycles. The number of rotatable bonds is 18. The maximum atomic E-state index is 12.6. The zero-order valence-electron chi connectivity index (χ0n) is 35.7. The quantitative estimate of drug-likeness (QED) is 0.0750. The van der Waals surface area contributed by atoms with Crippen molar-refractivity contribution in [1.29, 1.82) is 0 Å². The van der Waals surface area contributed by atoms with Gasteiger partial charge in [-0.1, -0.05) is 87.3 Å². The fourth-order valence-electron chi connectivity index (χ4n) is 6.38. The van der Waals surface area contributed by atoms with Crippen LogP contribution in [0, 0.1) is 23.7 Å². The number of hydrogen-bond acceptors (Lipinski definition) is 8. The predicted octanol–water partition coefficient (Wildman–Crippen LogP) is 11.4. The summed E-state index contributed by atoms with van der Waals surface area (Å²) in [7, 11) is -1.41. The second-order valence-corrected chi connectivity index (χ2v) is 18.0. The summed E-state index contributed by atoms with van der Waals surface area (Å²) >= 11 is 15.2. The lowest BCUT2D eigenvalue weighted by atomic mass is 9.81. The lowest BCUT2D eigenvalue weighted by Gasteiger charge is -2.20. The monoisotopic (exact) mass is 924 g/mol. The van der Waals surface area contributed by atoms with Crippen LogP contribution in [0.5, 0.6) is 11.5 Å². The fraction of sp³-hybridized carbons (Fsp3) is 0.458. The number of carbonyl (C=O) groups excluding carboxylic acids is 2. The number of halogens is 3. The Morgan fingerprint density at radius 2 is 1.10 bits per heavy atom. The van der Waals surface area contributed by atoms with Crippen LogP contribution in [0.4, 0.5) is 0 Å². The second-order valence-electron chi connectivity index (χ2n) is 16.3. The van der Waals surface area contributed by atoms with E-state index in [1.54, 1.807) is 24.3 Å². The van der Waals surface area contributed by atoms with Crippen molar-refractivity contribution in [3.8, 4) is 22.6 Å². The maximum absolute atomic E-state index is 12.6. The molecule has 0 amide bonds. The molecular weight excluding hydrogens is 866 g/mol. The average molecular weight is 927 g/mol. The summed E-state index contributed by atoms with van der Waals surface area (Å²) < 4.78 is 23.4. The van der Waals surface area contributed by atoms with Crippen molar-refractivity contribution in [2.24, 2.45) is 23.7 Å². The second kappa shape index (κ2) is 24.8. The van der Waals surface area contributed by atoms with E-state index in [1.807, 2.05) is 68.4 Å². The third kappa shape index (κ3) is 16.7. The van der Waals surface area contributed by atoms with E-state index in [2.05, 4.69) is 49.7 Å². The normalized spacial score (nSPS) is 14.2. The van der Waals surface area contributed by atoms with Gasteiger partial charge in [0.1, 0.15) is 11.5 Å². The van der Waals surface area contributed by atoms with E-state index in [1.165, 1.54) is 25.7 Å². The molecule has 324 valence electrons. The summed E-state index contributed by atoms with van der Waals surface area (Å²) in [6.45, 7) is 14.5. The van der Waals surface area contributed by atoms with Gasteiger partial charge >= 0.3 is 19.1 Å². The van der Waals surface area contributed by atoms with Crippen molar-refractivity contribution in [3.05, 3.63) is 111 Å². The van der Waals surface area contributed by atoms with Crippen LogP contribution in [0.2, 0.25) is 10.0 Å². The highest BCUT2D eigenvalue weighted by Gasteiger charge is 2.27. The first-order valence-corrected chi connectivity index (χ1v) is 22.6. The Morgan fingerprint density at radius 1 is 0.667 bits per heavy atom. The van der Waals surface area contributed by atoms with E-state index in [0.717, 1.165) is 70.2 Å². The first-order chi connectivity index (χ1) is 28.7. The highest BCUT2D eigenvalue weighted by molar-refractivity contribution is 9.10. The molecular formula is C48H60BBrCl2O8. The molecule has 2 aliphatic rings. The van der Waals surface area contributed by atoms with Crippen LogP contribution >= 0.6 is 39.1 Å². The molecule has 2 aliphatic carbocycles. The van der Waals surface area contributed by atoms with Gasteiger partial charge in [0.2, 0.25) is 0 Å². The summed E-state index contributed by atoms with van der Waals surface area (Å²) in [4.78, 5) is 24.8. The Kier molecular flexibility index (Phi) is 20.3. The molecule has 4 aromatic rings. The summed E-state index contributed by atoms with van der Waals surface area (Å²) in [5.41, 5.74) is 4.43. The summed E-state index contributed by atoms with van der Waals surface area (Å²) in [6, 6.07) is 26.1. The topological polar surface area (TPSA) is 112 Å². The minimum atomic E-state index is -1.41. The number of carbonyl (C=O) groups is 2. The summed E-state index contributed by atoms with van der Waals surface area (Å²) in [5, 5.41) is 18.5. The van der Waals surface area contributed by atoms with Gasteiger partial charge in [0.15, 0.2) is 0 Å². The van der Waals surface area contributed by atoms with Crippen LogP contribution in [0.25, 0.3) is 11.1 Å². The third-order valence-corrected chi connectivity index (χ3v) is 11.1. The van der Waals surface area contributed by atoms with E-state index in [9.17, 15) is 9.59 Å². The van der Waals surface area contributed by atoms with Crippen molar-refractivity contribution in [3.63, 3.8) is 0 Å². The Hall–Kier alpha value is -3.54. The molecule has 0 aromatic heterocycles. The number of ether oxygens (including phenoxy) is 4. The Bertz CT molecular complexity index is 1930. The molecule has 0 bridgehead atoms. The first kappa shape index (κ1) is 49.1. The van der Waals surface area contributed by atoms with E-state index < -0.39 is 7.12 Å². The van der Waals surface area contributed by atoms with Crippen molar-refractivity contribution in [1.82, 2.24) is 0 Å². The van der Waals surface area contributed by atoms with Crippen LogP contribution in [0.1, 0.15) is 103 Å². The smallest absolute Gasteiger partial charge is 0.488 e. The molecule has 2 saturated carbocycles. The molecule has 2 atom stereocenters. The molecule has 0 spiro atoms. The molecule has 6 rings (SSSR count). The van der Waals surface area contributed by atoms with Crippen molar-refractivity contribution in [2.45, 2.75) is 91.9 Å². The first-order valence-electron chi connectivity index (χ1n) is 21.1. The summed E-state index contributed by atoms with van der Waals surface area (Å²) in [6.07, 6.45) is 6.57. The molecule has 0 aliphatic heterocycles. The van der Waals surface area contributed by atoms with E-state index in [4.69, 9.17) is 52.2 Å². The van der Waals surface area contributed by atoms with Crippen LogP contribution in [-0.2, 0) is 19.1 Å². The Morgan fingerprint density at radius 3 is 1.52 bits per heavy atom. The molecule has 60 heavy (non-hydrogen) atoms. The van der Waals surface area contributed by atoms with Gasteiger partial charge in [-0.15, -0.1) is 0 Å². The van der Waals surface area contributed by atoms with Gasteiger partial charge in [-0.3, -0.25) is 9.59 Å². The van der Waals surface area contributed by atoms with E-state index in [-0.39, 0.29) is 23.8 Å². The van der Waals surface area contributed by atoms with Crippen LogP contribution in [-0.4, -0.2) is 55.5 Å². The minimum Gasteiger partial charge on any atom is -0.493 e.